The van der Waals surface area contributed by atoms with Crippen LogP contribution in [0, 0.1) is 18.8 Å². The molecule has 0 saturated carbocycles. The fourth-order valence-corrected chi connectivity index (χ4v) is 2.63. The Hall–Kier alpha value is -2.84. The van der Waals surface area contributed by atoms with Gasteiger partial charge in [-0.15, -0.1) is 0 Å². The van der Waals surface area contributed by atoms with Gasteiger partial charge in [0.2, 0.25) is 0 Å². The minimum absolute atomic E-state index is 0.0401. The minimum atomic E-state index is -0.707. The average Bonchev–Trinajstić information content (AvgIpc) is 2.95. The molecular formula is C17H25N5O4. The maximum absolute atomic E-state index is 12.9. The van der Waals surface area contributed by atoms with E-state index >= 15 is 0 Å². The van der Waals surface area contributed by atoms with Gasteiger partial charge in [0, 0.05) is 19.2 Å². The summed E-state index contributed by atoms with van der Waals surface area (Å²) < 4.78 is 6.24. The number of aryl methyl sites for hydroxylation is 1. The Kier molecular flexibility index (Phi) is 5.69. The Labute approximate surface area is 150 Å². The van der Waals surface area contributed by atoms with Crippen molar-refractivity contribution in [1.29, 1.82) is 0 Å². The molecule has 0 aliphatic rings. The molecule has 142 valence electrons. The molecule has 2 aromatic rings. The van der Waals surface area contributed by atoms with E-state index in [0.29, 0.717) is 12.3 Å². The SMILES string of the molecule is Cc1cc(C(=O)N(CC(C)C)c2c(N)n(CC(C)C)c(=O)[nH]c2=O)no1. The number of anilines is 2. The predicted molar refractivity (Wildman–Crippen MR) is 98.3 cm³/mol. The number of nitrogens with zero attached hydrogens (tertiary/aromatic N) is 3. The van der Waals surface area contributed by atoms with E-state index in [2.05, 4.69) is 10.1 Å². The third-order valence-corrected chi connectivity index (χ3v) is 3.67. The van der Waals surface area contributed by atoms with Crippen LogP contribution in [-0.4, -0.2) is 27.2 Å². The lowest BCUT2D eigenvalue weighted by Gasteiger charge is -2.25. The highest BCUT2D eigenvalue weighted by atomic mass is 16.5. The normalized spacial score (nSPS) is 11.3. The first-order valence-corrected chi connectivity index (χ1v) is 8.49. The van der Waals surface area contributed by atoms with Gasteiger partial charge in [0.05, 0.1) is 0 Å². The summed E-state index contributed by atoms with van der Waals surface area (Å²) in [5.41, 5.74) is 4.85. The molecule has 0 spiro atoms. The summed E-state index contributed by atoms with van der Waals surface area (Å²) in [4.78, 5) is 41.0. The second-order valence-electron chi connectivity index (χ2n) is 7.13. The summed E-state index contributed by atoms with van der Waals surface area (Å²) in [5.74, 6) is 0.103. The fraction of sp³-hybridized carbons (Fsp3) is 0.529. The van der Waals surface area contributed by atoms with Gasteiger partial charge in [0.15, 0.2) is 11.4 Å². The van der Waals surface area contributed by atoms with Crippen LogP contribution in [0.3, 0.4) is 0 Å². The number of aromatic nitrogens is 3. The smallest absolute Gasteiger partial charge is 0.330 e. The molecule has 0 aromatic carbocycles. The molecular weight excluding hydrogens is 338 g/mol. The number of nitrogen functional groups attached to an aromatic ring is 1. The van der Waals surface area contributed by atoms with Crippen molar-refractivity contribution in [2.24, 2.45) is 11.8 Å². The van der Waals surface area contributed by atoms with Crippen molar-refractivity contribution in [3.8, 4) is 0 Å². The number of nitrogens with two attached hydrogens (primary N) is 1. The van der Waals surface area contributed by atoms with E-state index in [9.17, 15) is 14.4 Å². The van der Waals surface area contributed by atoms with E-state index in [0.717, 1.165) is 0 Å². The molecule has 1 amide bonds. The number of carbonyl (C=O) groups is 1. The molecule has 26 heavy (non-hydrogen) atoms. The van der Waals surface area contributed by atoms with Gasteiger partial charge in [-0.2, -0.15) is 0 Å². The molecule has 9 nitrogen and oxygen atoms in total. The van der Waals surface area contributed by atoms with Crippen molar-refractivity contribution < 1.29 is 9.32 Å². The highest BCUT2D eigenvalue weighted by Gasteiger charge is 2.27. The summed E-state index contributed by atoms with van der Waals surface area (Å²) in [5, 5.41) is 3.73. The van der Waals surface area contributed by atoms with Gasteiger partial charge in [-0.05, 0) is 18.8 Å². The van der Waals surface area contributed by atoms with E-state index in [1.165, 1.54) is 15.5 Å². The molecule has 0 saturated heterocycles. The van der Waals surface area contributed by atoms with Crippen LogP contribution in [0.25, 0.3) is 0 Å². The van der Waals surface area contributed by atoms with Crippen molar-refractivity contribution >= 4 is 17.4 Å². The van der Waals surface area contributed by atoms with Crippen LogP contribution >= 0.6 is 0 Å². The summed E-state index contributed by atoms with van der Waals surface area (Å²) in [6.07, 6.45) is 0. The van der Waals surface area contributed by atoms with E-state index in [1.807, 2.05) is 27.7 Å². The number of hydrogen-bond acceptors (Lipinski definition) is 6. The number of aromatic amines is 1. The van der Waals surface area contributed by atoms with Gasteiger partial charge in [-0.1, -0.05) is 32.9 Å². The Morgan fingerprint density at radius 2 is 1.96 bits per heavy atom. The number of nitrogens with one attached hydrogen (secondary N) is 1. The third kappa shape index (κ3) is 4.04. The molecule has 0 radical (unpaired) electrons. The predicted octanol–water partition coefficient (Wildman–Crippen LogP) is 1.37. The molecule has 0 bridgehead atoms. The van der Waals surface area contributed by atoms with Crippen LogP contribution in [-0.2, 0) is 6.54 Å². The molecule has 3 N–H and O–H groups in total. The van der Waals surface area contributed by atoms with Gasteiger partial charge in [-0.25, -0.2) is 4.79 Å². The van der Waals surface area contributed by atoms with Gasteiger partial charge in [0.1, 0.15) is 11.6 Å². The average molecular weight is 363 g/mol. The molecule has 2 rings (SSSR count). The van der Waals surface area contributed by atoms with Gasteiger partial charge in [0.25, 0.3) is 11.5 Å². The van der Waals surface area contributed by atoms with Crippen LogP contribution in [0.1, 0.15) is 43.9 Å². The van der Waals surface area contributed by atoms with E-state index in [-0.39, 0.29) is 35.6 Å². The van der Waals surface area contributed by atoms with Crippen LogP contribution < -0.4 is 21.9 Å². The molecule has 0 aliphatic carbocycles. The lowest BCUT2D eigenvalue weighted by molar-refractivity contribution is 0.0974. The van der Waals surface area contributed by atoms with Crippen LogP contribution in [0.2, 0.25) is 0 Å². The second-order valence-corrected chi connectivity index (χ2v) is 7.13. The van der Waals surface area contributed by atoms with Crippen LogP contribution in [0.15, 0.2) is 20.2 Å². The van der Waals surface area contributed by atoms with E-state index in [1.54, 1.807) is 6.92 Å². The van der Waals surface area contributed by atoms with Crippen LogP contribution in [0.5, 0.6) is 0 Å². The molecule has 0 fully saturated rings. The van der Waals surface area contributed by atoms with Crippen molar-refractivity contribution in [3.63, 3.8) is 0 Å². The van der Waals surface area contributed by atoms with Gasteiger partial charge >= 0.3 is 5.69 Å². The Balaban J connectivity index is 2.63. The monoisotopic (exact) mass is 363 g/mol. The maximum atomic E-state index is 12.9. The van der Waals surface area contributed by atoms with Crippen molar-refractivity contribution in [3.05, 3.63) is 38.4 Å². The number of amides is 1. The largest absolute Gasteiger partial charge is 0.383 e. The first-order valence-electron chi connectivity index (χ1n) is 8.49. The molecule has 9 heteroatoms. The number of rotatable bonds is 6. The topological polar surface area (TPSA) is 127 Å². The zero-order valence-corrected chi connectivity index (χ0v) is 15.7. The highest BCUT2D eigenvalue weighted by Crippen LogP contribution is 2.21. The number of carbonyl (C=O) groups excluding carboxylic acids is 1. The standard InChI is InChI=1S/C17H25N5O4/c1-9(2)7-21(16(24)12-6-11(5)26-20-12)13-14(18)22(8-10(3)4)17(25)19-15(13)23/h6,9-10H,7-8,18H2,1-5H3,(H,19,23,25). The lowest BCUT2D eigenvalue weighted by Crippen LogP contribution is -2.43. The summed E-state index contributed by atoms with van der Waals surface area (Å²) in [6, 6.07) is 1.49. The maximum Gasteiger partial charge on any atom is 0.330 e. The van der Waals surface area contributed by atoms with Crippen molar-refractivity contribution in [1.82, 2.24) is 14.7 Å². The lowest BCUT2D eigenvalue weighted by atomic mass is 10.1. The second kappa shape index (κ2) is 7.59. The first kappa shape index (κ1) is 19.5. The summed E-state index contributed by atoms with van der Waals surface area (Å²) >= 11 is 0. The van der Waals surface area contributed by atoms with E-state index < -0.39 is 17.2 Å². The zero-order valence-electron chi connectivity index (χ0n) is 15.7. The quantitative estimate of drug-likeness (QED) is 0.798. The Bertz CT molecular complexity index is 907. The van der Waals surface area contributed by atoms with E-state index in [4.69, 9.17) is 10.3 Å². The molecule has 0 aliphatic heterocycles. The zero-order chi connectivity index (χ0) is 19.6. The number of H-pyrrole nitrogens is 1. The molecule has 2 heterocycles. The van der Waals surface area contributed by atoms with Gasteiger partial charge < -0.3 is 10.3 Å². The summed E-state index contributed by atoms with van der Waals surface area (Å²) in [7, 11) is 0. The van der Waals surface area contributed by atoms with Crippen molar-refractivity contribution in [2.75, 3.05) is 17.2 Å². The molecule has 2 aromatic heterocycles. The van der Waals surface area contributed by atoms with Gasteiger partial charge in [-0.3, -0.25) is 24.0 Å². The number of hydrogen-bond donors (Lipinski definition) is 2. The highest BCUT2D eigenvalue weighted by molar-refractivity contribution is 6.06. The summed E-state index contributed by atoms with van der Waals surface area (Å²) in [6.45, 7) is 9.88. The minimum Gasteiger partial charge on any atom is -0.383 e. The Morgan fingerprint density at radius 1 is 1.31 bits per heavy atom. The molecule has 0 atom stereocenters. The van der Waals surface area contributed by atoms with Crippen molar-refractivity contribution in [2.45, 2.75) is 41.2 Å². The van der Waals surface area contributed by atoms with Crippen LogP contribution in [0.4, 0.5) is 11.5 Å². The molecule has 0 unspecified atom stereocenters. The third-order valence-electron chi connectivity index (χ3n) is 3.67. The fourth-order valence-electron chi connectivity index (χ4n) is 2.63. The Morgan fingerprint density at radius 3 is 2.46 bits per heavy atom. The first-order chi connectivity index (χ1) is 12.1.